The number of rotatable bonds is 5. The van der Waals surface area contributed by atoms with Gasteiger partial charge in [0, 0.05) is 37.5 Å². The Kier molecular flexibility index (Phi) is 6.34. The molecule has 7 nitrogen and oxygen atoms in total. The summed E-state index contributed by atoms with van der Waals surface area (Å²) in [5.41, 5.74) is 0.598. The molecule has 1 amide bonds. The smallest absolute Gasteiger partial charge is 0.331 e. The molecule has 0 bridgehead atoms. The van der Waals surface area contributed by atoms with Gasteiger partial charge in [-0.15, -0.1) is 11.3 Å². The molecule has 4 aromatic rings. The Balaban J connectivity index is 1.82. The standard InChI is InChI=1S/C28H31N3O4S/c1-16(2)14-31-27-23(25(33)29(4)28(31)35)22(26(34)30-13-12-19(32)15-30)24(36-27)17(3)20-11-7-9-18-8-5-6-10-21(18)20/h5-11,16-17,19,32H,12-15H2,1-4H3/t17?,19-/m1/s1. The molecule has 0 saturated carbocycles. The molecule has 1 aliphatic rings. The first-order valence-electron chi connectivity index (χ1n) is 12.4. The summed E-state index contributed by atoms with van der Waals surface area (Å²) in [6.07, 6.45) is -0.0577. The fraction of sp³-hybridized carbons (Fsp3) is 0.393. The van der Waals surface area contributed by atoms with Crippen LogP contribution in [0, 0.1) is 5.92 Å². The van der Waals surface area contributed by atoms with E-state index >= 15 is 0 Å². The number of aromatic nitrogens is 2. The van der Waals surface area contributed by atoms with E-state index < -0.39 is 11.7 Å². The van der Waals surface area contributed by atoms with Gasteiger partial charge < -0.3 is 10.0 Å². The molecule has 2 atom stereocenters. The van der Waals surface area contributed by atoms with Crippen molar-refractivity contribution < 1.29 is 9.90 Å². The normalized spacial score (nSPS) is 16.9. The molecule has 2 aromatic heterocycles. The number of fused-ring (bicyclic) bond motifs is 2. The van der Waals surface area contributed by atoms with Crippen molar-refractivity contribution in [3.63, 3.8) is 0 Å². The van der Waals surface area contributed by atoms with Crippen molar-refractivity contribution >= 4 is 38.2 Å². The van der Waals surface area contributed by atoms with Gasteiger partial charge in [-0.1, -0.05) is 63.2 Å². The van der Waals surface area contributed by atoms with Gasteiger partial charge in [0.2, 0.25) is 0 Å². The summed E-state index contributed by atoms with van der Waals surface area (Å²) in [6, 6.07) is 14.3. The van der Waals surface area contributed by atoms with Gasteiger partial charge in [0.15, 0.2) is 0 Å². The largest absolute Gasteiger partial charge is 0.391 e. The van der Waals surface area contributed by atoms with Gasteiger partial charge in [0.25, 0.3) is 11.5 Å². The van der Waals surface area contributed by atoms with Crippen LogP contribution in [0.4, 0.5) is 0 Å². The van der Waals surface area contributed by atoms with E-state index in [4.69, 9.17) is 0 Å². The first-order chi connectivity index (χ1) is 17.2. The van der Waals surface area contributed by atoms with E-state index in [2.05, 4.69) is 31.2 Å². The van der Waals surface area contributed by atoms with Gasteiger partial charge in [-0.3, -0.25) is 18.7 Å². The Hall–Kier alpha value is -3.23. The zero-order chi connectivity index (χ0) is 25.7. The Morgan fingerprint density at radius 3 is 2.53 bits per heavy atom. The number of benzene rings is 2. The van der Waals surface area contributed by atoms with Crippen LogP contribution in [0.15, 0.2) is 52.1 Å². The van der Waals surface area contributed by atoms with Crippen LogP contribution in [-0.2, 0) is 13.6 Å². The molecule has 188 valence electrons. The molecular weight excluding hydrogens is 474 g/mol. The maximum Gasteiger partial charge on any atom is 0.331 e. The molecule has 1 aliphatic heterocycles. The lowest BCUT2D eigenvalue weighted by Gasteiger charge is -2.19. The van der Waals surface area contributed by atoms with Crippen molar-refractivity contribution in [3.05, 3.63) is 79.3 Å². The zero-order valence-corrected chi connectivity index (χ0v) is 21.8. The molecule has 0 aliphatic carbocycles. The molecule has 1 N–H and O–H groups in total. The predicted octanol–water partition coefficient (Wildman–Crippen LogP) is 3.93. The van der Waals surface area contributed by atoms with E-state index in [-0.39, 0.29) is 30.0 Å². The van der Waals surface area contributed by atoms with Gasteiger partial charge in [-0.2, -0.15) is 0 Å². The number of likely N-dealkylation sites (tertiary alicyclic amines) is 1. The van der Waals surface area contributed by atoms with Crippen LogP contribution in [-0.4, -0.2) is 44.2 Å². The third-order valence-corrected chi connectivity index (χ3v) is 8.49. The number of β-amino-alcohol motifs (C(OH)–C–C–N with tert-alkyl or cyclic N) is 1. The van der Waals surface area contributed by atoms with Crippen molar-refractivity contribution in [3.8, 4) is 0 Å². The lowest BCUT2D eigenvalue weighted by molar-refractivity contribution is 0.0766. The number of thiophene rings is 1. The molecule has 1 saturated heterocycles. The first kappa shape index (κ1) is 24.5. The highest BCUT2D eigenvalue weighted by molar-refractivity contribution is 7.19. The predicted molar refractivity (Wildman–Crippen MR) is 144 cm³/mol. The molecule has 8 heteroatoms. The van der Waals surface area contributed by atoms with Crippen LogP contribution < -0.4 is 11.2 Å². The highest BCUT2D eigenvalue weighted by atomic mass is 32.1. The van der Waals surface area contributed by atoms with Gasteiger partial charge in [-0.25, -0.2) is 4.79 Å². The van der Waals surface area contributed by atoms with Crippen LogP contribution >= 0.6 is 11.3 Å². The summed E-state index contributed by atoms with van der Waals surface area (Å²) >= 11 is 1.37. The quantitative estimate of drug-likeness (QED) is 0.446. The summed E-state index contributed by atoms with van der Waals surface area (Å²) in [6.45, 7) is 7.22. The number of amides is 1. The maximum atomic E-state index is 14.0. The summed E-state index contributed by atoms with van der Waals surface area (Å²) in [4.78, 5) is 43.6. The highest BCUT2D eigenvalue weighted by Gasteiger charge is 2.34. The summed E-state index contributed by atoms with van der Waals surface area (Å²) < 4.78 is 2.75. The highest BCUT2D eigenvalue weighted by Crippen LogP contribution is 2.40. The second-order valence-electron chi connectivity index (χ2n) is 10.2. The Bertz CT molecular complexity index is 1590. The van der Waals surface area contributed by atoms with Crippen LogP contribution in [0.25, 0.3) is 21.0 Å². The lowest BCUT2D eigenvalue weighted by atomic mass is 9.91. The topological polar surface area (TPSA) is 84.5 Å². The van der Waals surface area contributed by atoms with Crippen LogP contribution in [0.2, 0.25) is 0 Å². The molecule has 5 rings (SSSR count). The molecule has 1 fully saturated rings. The molecule has 0 radical (unpaired) electrons. The van der Waals surface area contributed by atoms with Gasteiger partial charge >= 0.3 is 5.69 Å². The maximum absolute atomic E-state index is 14.0. The van der Waals surface area contributed by atoms with Crippen molar-refractivity contribution in [2.24, 2.45) is 13.0 Å². The van der Waals surface area contributed by atoms with Crippen molar-refractivity contribution in [2.45, 2.75) is 45.8 Å². The van der Waals surface area contributed by atoms with Gasteiger partial charge in [0.1, 0.15) is 4.83 Å². The lowest BCUT2D eigenvalue weighted by Crippen LogP contribution is -2.39. The Labute approximate surface area is 213 Å². The molecule has 36 heavy (non-hydrogen) atoms. The number of carbonyl (C=O) groups is 1. The average Bonchev–Trinajstić information content (AvgIpc) is 3.48. The van der Waals surface area contributed by atoms with Gasteiger partial charge in [-0.05, 0) is 28.7 Å². The minimum atomic E-state index is -0.570. The van der Waals surface area contributed by atoms with Crippen LogP contribution in [0.5, 0.6) is 0 Å². The van der Waals surface area contributed by atoms with E-state index in [1.165, 1.54) is 18.4 Å². The number of carbonyl (C=O) groups excluding carboxylic acids is 1. The minimum absolute atomic E-state index is 0.178. The van der Waals surface area contributed by atoms with E-state index in [0.29, 0.717) is 35.3 Å². The fourth-order valence-electron chi connectivity index (χ4n) is 5.24. The monoisotopic (exact) mass is 505 g/mol. The van der Waals surface area contributed by atoms with Crippen molar-refractivity contribution in [1.29, 1.82) is 0 Å². The van der Waals surface area contributed by atoms with E-state index in [0.717, 1.165) is 25.8 Å². The first-order valence-corrected chi connectivity index (χ1v) is 13.2. The molecular formula is C28H31N3O4S. The second-order valence-corrected chi connectivity index (χ2v) is 11.2. The molecule has 2 aromatic carbocycles. The average molecular weight is 506 g/mol. The minimum Gasteiger partial charge on any atom is -0.391 e. The zero-order valence-electron chi connectivity index (χ0n) is 21.0. The Morgan fingerprint density at radius 2 is 1.83 bits per heavy atom. The van der Waals surface area contributed by atoms with Crippen molar-refractivity contribution in [1.82, 2.24) is 14.0 Å². The SMILES string of the molecule is CC(C)Cn1c(=O)n(C)c(=O)c2c(C(=O)N3CC[C@@H](O)C3)c(C(C)c3cccc4ccccc34)sc21. The van der Waals surface area contributed by atoms with Crippen molar-refractivity contribution in [2.75, 3.05) is 13.1 Å². The van der Waals surface area contributed by atoms with E-state index in [1.807, 2.05) is 32.0 Å². The number of aliphatic hydroxyl groups excluding tert-OH is 1. The molecule has 1 unspecified atom stereocenters. The summed E-state index contributed by atoms with van der Waals surface area (Å²) in [7, 11) is 1.47. The third kappa shape index (κ3) is 3.98. The number of hydrogen-bond donors (Lipinski definition) is 1. The van der Waals surface area contributed by atoms with Gasteiger partial charge in [0.05, 0.1) is 17.1 Å². The number of hydrogen-bond acceptors (Lipinski definition) is 5. The summed E-state index contributed by atoms with van der Waals surface area (Å²) in [5.74, 6) is -0.267. The molecule has 0 spiro atoms. The fourth-order valence-corrected chi connectivity index (χ4v) is 6.60. The Morgan fingerprint density at radius 1 is 1.11 bits per heavy atom. The summed E-state index contributed by atoms with van der Waals surface area (Å²) in [5, 5.41) is 12.6. The van der Waals surface area contributed by atoms with E-state index in [1.54, 1.807) is 9.47 Å². The molecule has 3 heterocycles. The number of aliphatic hydroxyl groups is 1. The number of nitrogens with zero attached hydrogens (tertiary/aromatic N) is 3. The van der Waals surface area contributed by atoms with Crippen LogP contribution in [0.1, 0.15) is 53.9 Å². The second kappa shape index (κ2) is 9.33. The van der Waals surface area contributed by atoms with E-state index in [9.17, 15) is 19.5 Å². The third-order valence-electron chi connectivity index (χ3n) is 7.09. The van der Waals surface area contributed by atoms with Crippen LogP contribution in [0.3, 0.4) is 0 Å².